The van der Waals surface area contributed by atoms with E-state index in [-0.39, 0.29) is 5.91 Å². The Labute approximate surface area is 122 Å². The summed E-state index contributed by atoms with van der Waals surface area (Å²) < 4.78 is 0. The van der Waals surface area contributed by atoms with E-state index in [0.29, 0.717) is 13.0 Å². The molecule has 0 aliphatic rings. The molecule has 0 bridgehead atoms. The highest BCUT2D eigenvalue weighted by Crippen LogP contribution is 2.13. The van der Waals surface area contributed by atoms with E-state index in [1.807, 2.05) is 31.4 Å². The van der Waals surface area contributed by atoms with E-state index in [9.17, 15) is 9.90 Å². The summed E-state index contributed by atoms with van der Waals surface area (Å²) in [6, 6.07) is 5.81. The number of hydrogen-bond acceptors (Lipinski definition) is 4. The van der Waals surface area contributed by atoms with Gasteiger partial charge in [-0.3, -0.25) is 4.79 Å². The zero-order chi connectivity index (χ0) is 14.5. The van der Waals surface area contributed by atoms with Crippen molar-refractivity contribution >= 4 is 28.7 Å². The number of amides is 1. The molecule has 1 atom stereocenters. The van der Waals surface area contributed by atoms with Crippen molar-refractivity contribution in [2.45, 2.75) is 26.0 Å². The van der Waals surface area contributed by atoms with Crippen LogP contribution in [0.2, 0.25) is 0 Å². The van der Waals surface area contributed by atoms with Crippen LogP contribution >= 0.6 is 11.8 Å². The largest absolute Gasteiger partial charge is 0.383 e. The average Bonchev–Trinajstić information content (AvgIpc) is 2.81. The number of H-pyrrole nitrogens is 1. The van der Waals surface area contributed by atoms with Crippen LogP contribution in [0.4, 0.5) is 0 Å². The molecule has 0 aliphatic heterocycles. The maximum atomic E-state index is 11.7. The molecule has 2 aromatic rings. The number of nitrogens with one attached hydrogen (secondary N) is 2. The number of aromatic nitrogens is 2. The maximum absolute atomic E-state index is 11.7. The van der Waals surface area contributed by atoms with Crippen LogP contribution in [0.1, 0.15) is 17.8 Å². The van der Waals surface area contributed by atoms with E-state index in [2.05, 4.69) is 15.3 Å². The standard InChI is InChI=1S/C14H19N3O2S/c1-9-16-11-4-3-10(7-12(11)17-9)8-15-14(19)13(18)5-6-20-2/h3-4,7,13,18H,5-6,8H2,1-2H3,(H,15,19)(H,16,17)/t13-/m0/s1. The fourth-order valence-corrected chi connectivity index (χ4v) is 2.42. The van der Waals surface area contributed by atoms with E-state index < -0.39 is 6.10 Å². The Kier molecular flexibility index (Phi) is 5.03. The van der Waals surface area contributed by atoms with Gasteiger partial charge in [0, 0.05) is 6.54 Å². The number of aromatic amines is 1. The van der Waals surface area contributed by atoms with Crippen LogP contribution in [-0.4, -0.2) is 39.1 Å². The molecule has 0 spiro atoms. The van der Waals surface area contributed by atoms with Gasteiger partial charge >= 0.3 is 0 Å². The summed E-state index contributed by atoms with van der Waals surface area (Å²) >= 11 is 1.61. The Morgan fingerprint density at radius 1 is 1.55 bits per heavy atom. The normalized spacial score (nSPS) is 12.6. The molecular weight excluding hydrogens is 274 g/mol. The molecule has 1 aromatic carbocycles. The summed E-state index contributed by atoms with van der Waals surface area (Å²) in [7, 11) is 0. The number of fused-ring (bicyclic) bond motifs is 1. The van der Waals surface area contributed by atoms with Crippen molar-refractivity contribution in [3.63, 3.8) is 0 Å². The molecule has 0 saturated heterocycles. The van der Waals surface area contributed by atoms with Crippen molar-refractivity contribution in [2.75, 3.05) is 12.0 Å². The second-order valence-corrected chi connectivity index (χ2v) is 5.67. The molecule has 108 valence electrons. The van der Waals surface area contributed by atoms with E-state index >= 15 is 0 Å². The number of imidazole rings is 1. The second-order valence-electron chi connectivity index (χ2n) is 4.69. The summed E-state index contributed by atoms with van der Waals surface area (Å²) in [6.07, 6.45) is 1.50. The van der Waals surface area contributed by atoms with Crippen LogP contribution < -0.4 is 5.32 Å². The molecule has 1 amide bonds. The van der Waals surface area contributed by atoms with Crippen molar-refractivity contribution in [3.8, 4) is 0 Å². The van der Waals surface area contributed by atoms with Crippen LogP contribution in [0.25, 0.3) is 11.0 Å². The summed E-state index contributed by atoms with van der Waals surface area (Å²) in [5, 5.41) is 12.4. The van der Waals surface area contributed by atoms with Gasteiger partial charge < -0.3 is 15.4 Å². The Morgan fingerprint density at radius 3 is 3.10 bits per heavy atom. The van der Waals surface area contributed by atoms with Crippen molar-refractivity contribution in [1.29, 1.82) is 0 Å². The van der Waals surface area contributed by atoms with Crippen LogP contribution in [0.3, 0.4) is 0 Å². The molecule has 0 radical (unpaired) electrons. The van der Waals surface area contributed by atoms with Crippen LogP contribution in [-0.2, 0) is 11.3 Å². The maximum Gasteiger partial charge on any atom is 0.249 e. The lowest BCUT2D eigenvalue weighted by molar-refractivity contribution is -0.129. The Hall–Kier alpha value is -1.53. The zero-order valence-corrected chi connectivity index (χ0v) is 12.5. The van der Waals surface area contributed by atoms with E-state index in [0.717, 1.165) is 28.2 Å². The van der Waals surface area contributed by atoms with Gasteiger partial charge in [-0.15, -0.1) is 0 Å². The van der Waals surface area contributed by atoms with Crippen LogP contribution in [0, 0.1) is 6.92 Å². The van der Waals surface area contributed by atoms with E-state index in [1.165, 1.54) is 0 Å². The Morgan fingerprint density at radius 2 is 2.35 bits per heavy atom. The van der Waals surface area contributed by atoms with E-state index in [1.54, 1.807) is 11.8 Å². The average molecular weight is 293 g/mol. The van der Waals surface area contributed by atoms with Gasteiger partial charge in [0.2, 0.25) is 5.91 Å². The lowest BCUT2D eigenvalue weighted by Crippen LogP contribution is -2.34. The topological polar surface area (TPSA) is 78.0 Å². The second kappa shape index (κ2) is 6.76. The van der Waals surface area contributed by atoms with Crippen molar-refractivity contribution < 1.29 is 9.90 Å². The van der Waals surface area contributed by atoms with Gasteiger partial charge in [0.15, 0.2) is 0 Å². The molecule has 0 fully saturated rings. The number of hydrogen-bond donors (Lipinski definition) is 3. The van der Waals surface area contributed by atoms with Crippen LogP contribution in [0.5, 0.6) is 0 Å². The van der Waals surface area contributed by atoms with Gasteiger partial charge in [0.1, 0.15) is 11.9 Å². The van der Waals surface area contributed by atoms with Gasteiger partial charge in [-0.1, -0.05) is 6.07 Å². The minimum Gasteiger partial charge on any atom is -0.383 e. The zero-order valence-electron chi connectivity index (χ0n) is 11.6. The first-order chi connectivity index (χ1) is 9.60. The lowest BCUT2D eigenvalue weighted by atomic mass is 10.2. The molecule has 0 unspecified atom stereocenters. The SMILES string of the molecule is CSCC[C@H](O)C(=O)NCc1ccc2nc(C)[nH]c2c1. The fourth-order valence-electron chi connectivity index (χ4n) is 1.96. The predicted molar refractivity (Wildman–Crippen MR) is 81.7 cm³/mol. The fraction of sp³-hybridized carbons (Fsp3) is 0.429. The third-order valence-electron chi connectivity index (χ3n) is 3.03. The summed E-state index contributed by atoms with van der Waals surface area (Å²) in [5.74, 6) is 1.32. The number of carbonyl (C=O) groups is 1. The van der Waals surface area contributed by atoms with Gasteiger partial charge in [0.05, 0.1) is 11.0 Å². The molecule has 1 aromatic heterocycles. The number of rotatable bonds is 6. The summed E-state index contributed by atoms with van der Waals surface area (Å²) in [5.41, 5.74) is 2.85. The highest BCUT2D eigenvalue weighted by molar-refractivity contribution is 7.98. The van der Waals surface area contributed by atoms with Crippen LogP contribution in [0.15, 0.2) is 18.2 Å². The minimum absolute atomic E-state index is 0.320. The van der Waals surface area contributed by atoms with Crippen molar-refractivity contribution in [3.05, 3.63) is 29.6 Å². The molecule has 20 heavy (non-hydrogen) atoms. The molecule has 1 heterocycles. The first-order valence-electron chi connectivity index (χ1n) is 6.50. The lowest BCUT2D eigenvalue weighted by Gasteiger charge is -2.10. The predicted octanol–water partition coefficient (Wildman–Crippen LogP) is 1.60. The third-order valence-corrected chi connectivity index (χ3v) is 3.67. The number of aryl methyl sites for hydroxylation is 1. The van der Waals surface area contributed by atoms with Gasteiger partial charge in [0.25, 0.3) is 0 Å². The van der Waals surface area contributed by atoms with Gasteiger partial charge in [-0.25, -0.2) is 4.98 Å². The van der Waals surface area contributed by atoms with E-state index in [4.69, 9.17) is 0 Å². The first kappa shape index (κ1) is 14.9. The Bertz CT molecular complexity index is 597. The minimum atomic E-state index is -0.930. The molecule has 3 N–H and O–H groups in total. The number of benzene rings is 1. The monoisotopic (exact) mass is 293 g/mol. The quantitative estimate of drug-likeness (QED) is 0.756. The highest BCUT2D eigenvalue weighted by Gasteiger charge is 2.13. The third kappa shape index (κ3) is 3.74. The molecule has 2 rings (SSSR count). The van der Waals surface area contributed by atoms with Crippen molar-refractivity contribution in [2.24, 2.45) is 0 Å². The number of carbonyl (C=O) groups excluding carboxylic acids is 1. The number of aliphatic hydroxyl groups is 1. The van der Waals surface area contributed by atoms with Gasteiger partial charge in [-0.2, -0.15) is 11.8 Å². The molecule has 6 heteroatoms. The summed E-state index contributed by atoms with van der Waals surface area (Å²) in [4.78, 5) is 19.2. The number of nitrogens with zero attached hydrogens (tertiary/aromatic N) is 1. The molecule has 5 nitrogen and oxygen atoms in total. The first-order valence-corrected chi connectivity index (χ1v) is 7.89. The Balaban J connectivity index is 1.93. The number of aliphatic hydroxyl groups excluding tert-OH is 1. The number of thioether (sulfide) groups is 1. The van der Waals surface area contributed by atoms with Crippen molar-refractivity contribution in [1.82, 2.24) is 15.3 Å². The highest BCUT2D eigenvalue weighted by atomic mass is 32.2. The smallest absolute Gasteiger partial charge is 0.249 e. The molecule has 0 saturated carbocycles. The molecular formula is C14H19N3O2S. The summed E-state index contributed by atoms with van der Waals surface area (Å²) in [6.45, 7) is 2.31. The van der Waals surface area contributed by atoms with Gasteiger partial charge in [-0.05, 0) is 43.0 Å². The molecule has 0 aliphatic carbocycles.